The molecule has 0 aromatic heterocycles. The van der Waals surface area contributed by atoms with Crippen LogP contribution in [-0.4, -0.2) is 54.3 Å². The molecule has 0 saturated carbocycles. The van der Waals surface area contributed by atoms with Crippen LogP contribution < -0.4 is 15.4 Å². The van der Waals surface area contributed by atoms with E-state index in [1.54, 1.807) is 18.2 Å². The topological polar surface area (TPSA) is 90.9 Å². The lowest BCUT2D eigenvalue weighted by molar-refractivity contribution is -0.128. The summed E-state index contributed by atoms with van der Waals surface area (Å²) in [4.78, 5) is 25.9. The van der Waals surface area contributed by atoms with Crippen LogP contribution in [0.1, 0.15) is 13.3 Å². The summed E-state index contributed by atoms with van der Waals surface area (Å²) in [5, 5.41) is 14.6. The molecule has 0 bridgehead atoms. The molecule has 1 heterocycles. The normalized spacial score (nSPS) is 17.2. The van der Waals surface area contributed by atoms with Crippen LogP contribution in [0.4, 0.5) is 10.5 Å². The largest absolute Gasteiger partial charge is 0.487 e. The van der Waals surface area contributed by atoms with Gasteiger partial charge in [0, 0.05) is 19.7 Å². The second-order valence-corrected chi connectivity index (χ2v) is 5.68. The molecule has 1 saturated heterocycles. The van der Waals surface area contributed by atoms with Crippen LogP contribution >= 0.6 is 0 Å². The number of nitrogens with one attached hydrogen (secondary N) is 2. The molecule has 0 unspecified atom stereocenters. The van der Waals surface area contributed by atoms with Crippen molar-refractivity contribution < 1.29 is 19.4 Å². The molecule has 1 aromatic carbocycles. The summed E-state index contributed by atoms with van der Waals surface area (Å²) in [6.07, 6.45) is 0.201. The monoisotopic (exact) mass is 333 g/mol. The molecule has 1 aliphatic heterocycles. The van der Waals surface area contributed by atoms with Crippen LogP contribution in [0, 0.1) is 0 Å². The molecule has 24 heavy (non-hydrogen) atoms. The quantitative estimate of drug-likeness (QED) is 0.686. The average Bonchev–Trinajstić information content (AvgIpc) is 2.56. The summed E-state index contributed by atoms with van der Waals surface area (Å²) < 4.78 is 5.63. The molecule has 3 N–H and O–H groups in total. The van der Waals surface area contributed by atoms with Gasteiger partial charge < -0.3 is 25.4 Å². The maximum absolute atomic E-state index is 12.6. The van der Waals surface area contributed by atoms with Crippen LogP contribution in [0.2, 0.25) is 0 Å². The fourth-order valence-electron chi connectivity index (χ4n) is 2.45. The van der Waals surface area contributed by atoms with Gasteiger partial charge in [-0.3, -0.25) is 4.79 Å². The van der Waals surface area contributed by atoms with Gasteiger partial charge in [-0.2, -0.15) is 0 Å². The highest BCUT2D eigenvalue weighted by Crippen LogP contribution is 2.25. The lowest BCUT2D eigenvalue weighted by Gasteiger charge is -2.34. The van der Waals surface area contributed by atoms with E-state index in [1.165, 1.54) is 4.90 Å². The first-order chi connectivity index (χ1) is 11.5. The zero-order valence-electron chi connectivity index (χ0n) is 13.7. The predicted molar refractivity (Wildman–Crippen MR) is 91.0 cm³/mol. The second-order valence-electron chi connectivity index (χ2n) is 5.68. The van der Waals surface area contributed by atoms with Crippen LogP contribution in [0.3, 0.4) is 0 Å². The number of piperazine rings is 1. The Hall–Kier alpha value is -2.54. The van der Waals surface area contributed by atoms with E-state index in [0.29, 0.717) is 31.1 Å². The lowest BCUT2D eigenvalue weighted by atomic mass is 10.1. The van der Waals surface area contributed by atoms with Crippen molar-refractivity contribution in [1.29, 1.82) is 0 Å². The maximum atomic E-state index is 12.6. The molecule has 2 rings (SSSR count). The molecule has 1 aromatic rings. The molecule has 3 amide bonds. The number of hydrogen-bond acceptors (Lipinski definition) is 4. The molecule has 0 radical (unpaired) electrons. The van der Waals surface area contributed by atoms with E-state index in [0.717, 1.165) is 5.57 Å². The number of anilines is 1. The molecular weight excluding hydrogens is 310 g/mol. The standard InChI is InChI=1S/C17H23N3O4/c1-12(2)11-24-15-6-4-3-5-13(15)19-17(23)20-9-8-18-16(22)14(20)7-10-21/h3-6,14,21H,1,7-11H2,2H3,(H,18,22)(H,19,23)/t14-/m1/s1. The minimum Gasteiger partial charge on any atom is -0.487 e. The molecule has 130 valence electrons. The number of hydrogen-bond donors (Lipinski definition) is 3. The Bertz CT molecular complexity index is 618. The number of ether oxygens (including phenoxy) is 1. The van der Waals surface area contributed by atoms with Crippen molar-refractivity contribution in [3.8, 4) is 5.75 Å². The maximum Gasteiger partial charge on any atom is 0.322 e. The SMILES string of the molecule is C=C(C)COc1ccccc1NC(=O)N1CCNC(=O)[C@H]1CCO. The molecular formula is C17H23N3O4. The summed E-state index contributed by atoms with van der Waals surface area (Å²) in [6, 6.07) is 6.02. The van der Waals surface area contributed by atoms with Crippen molar-refractivity contribution in [2.45, 2.75) is 19.4 Å². The number of urea groups is 1. The average molecular weight is 333 g/mol. The van der Waals surface area contributed by atoms with Gasteiger partial charge in [0.2, 0.25) is 5.91 Å². The first-order valence-corrected chi connectivity index (χ1v) is 7.85. The highest BCUT2D eigenvalue weighted by Gasteiger charge is 2.32. The highest BCUT2D eigenvalue weighted by molar-refractivity contribution is 5.95. The smallest absolute Gasteiger partial charge is 0.322 e. The Morgan fingerprint density at radius 3 is 2.96 bits per heavy atom. The second kappa shape index (κ2) is 8.35. The van der Waals surface area contributed by atoms with Gasteiger partial charge in [-0.1, -0.05) is 18.7 Å². The van der Waals surface area contributed by atoms with E-state index in [9.17, 15) is 9.59 Å². The fourth-order valence-corrected chi connectivity index (χ4v) is 2.45. The Kier molecular flexibility index (Phi) is 6.20. The Morgan fingerprint density at radius 2 is 2.25 bits per heavy atom. The van der Waals surface area contributed by atoms with E-state index in [1.807, 2.05) is 13.0 Å². The molecule has 7 nitrogen and oxygen atoms in total. The molecule has 1 atom stereocenters. The summed E-state index contributed by atoms with van der Waals surface area (Å²) in [6.45, 7) is 6.60. The third-order valence-corrected chi connectivity index (χ3v) is 3.60. The van der Waals surface area contributed by atoms with Crippen molar-refractivity contribution in [2.24, 2.45) is 0 Å². The number of benzene rings is 1. The third kappa shape index (κ3) is 4.48. The number of carbonyl (C=O) groups excluding carboxylic acids is 2. The number of aliphatic hydroxyl groups excluding tert-OH is 1. The first kappa shape index (κ1) is 17.8. The Labute approximate surface area is 141 Å². The van der Waals surface area contributed by atoms with E-state index >= 15 is 0 Å². The Balaban J connectivity index is 2.10. The van der Waals surface area contributed by atoms with Gasteiger partial charge in [0.25, 0.3) is 0 Å². The molecule has 0 aliphatic carbocycles. The van der Waals surface area contributed by atoms with Crippen molar-refractivity contribution in [3.63, 3.8) is 0 Å². The van der Waals surface area contributed by atoms with Gasteiger partial charge in [0.05, 0.1) is 5.69 Å². The molecule has 0 spiro atoms. The van der Waals surface area contributed by atoms with Gasteiger partial charge in [-0.15, -0.1) is 0 Å². The Morgan fingerprint density at radius 1 is 1.50 bits per heavy atom. The van der Waals surface area contributed by atoms with Crippen molar-refractivity contribution in [3.05, 3.63) is 36.4 Å². The number of rotatable bonds is 6. The number of amides is 3. The fraction of sp³-hybridized carbons (Fsp3) is 0.412. The third-order valence-electron chi connectivity index (χ3n) is 3.60. The van der Waals surface area contributed by atoms with Gasteiger partial charge in [0.1, 0.15) is 18.4 Å². The number of nitrogens with zero attached hydrogens (tertiary/aromatic N) is 1. The van der Waals surface area contributed by atoms with Crippen molar-refractivity contribution in [2.75, 3.05) is 31.6 Å². The van der Waals surface area contributed by atoms with Crippen LogP contribution in [0.5, 0.6) is 5.75 Å². The first-order valence-electron chi connectivity index (χ1n) is 7.85. The van der Waals surface area contributed by atoms with E-state index in [-0.39, 0.29) is 18.9 Å². The van der Waals surface area contributed by atoms with Gasteiger partial charge in [0.15, 0.2) is 0 Å². The summed E-state index contributed by atoms with van der Waals surface area (Å²) >= 11 is 0. The zero-order valence-corrected chi connectivity index (χ0v) is 13.7. The van der Waals surface area contributed by atoms with Crippen LogP contribution in [-0.2, 0) is 4.79 Å². The van der Waals surface area contributed by atoms with E-state index < -0.39 is 12.1 Å². The van der Waals surface area contributed by atoms with Crippen molar-refractivity contribution >= 4 is 17.6 Å². The highest BCUT2D eigenvalue weighted by atomic mass is 16.5. The van der Waals surface area contributed by atoms with Crippen LogP contribution in [0.15, 0.2) is 36.4 Å². The number of para-hydroxylation sites is 2. The predicted octanol–water partition coefficient (Wildman–Crippen LogP) is 1.36. The van der Waals surface area contributed by atoms with Gasteiger partial charge >= 0.3 is 6.03 Å². The van der Waals surface area contributed by atoms with Crippen molar-refractivity contribution in [1.82, 2.24) is 10.2 Å². The minimum absolute atomic E-state index is 0.166. The molecule has 1 fully saturated rings. The zero-order chi connectivity index (χ0) is 17.5. The number of aliphatic hydroxyl groups is 1. The van der Waals surface area contributed by atoms with E-state index in [2.05, 4.69) is 17.2 Å². The van der Waals surface area contributed by atoms with Gasteiger partial charge in [-0.25, -0.2) is 4.79 Å². The lowest BCUT2D eigenvalue weighted by Crippen LogP contribution is -2.58. The molecule has 1 aliphatic rings. The van der Waals surface area contributed by atoms with Crippen LogP contribution in [0.25, 0.3) is 0 Å². The molecule has 7 heteroatoms. The van der Waals surface area contributed by atoms with Gasteiger partial charge in [-0.05, 0) is 31.1 Å². The summed E-state index contributed by atoms with van der Waals surface area (Å²) in [7, 11) is 0. The summed E-state index contributed by atoms with van der Waals surface area (Å²) in [5.41, 5.74) is 1.39. The minimum atomic E-state index is -0.674. The summed E-state index contributed by atoms with van der Waals surface area (Å²) in [5.74, 6) is 0.284. The number of carbonyl (C=O) groups is 2. The van der Waals surface area contributed by atoms with E-state index in [4.69, 9.17) is 9.84 Å².